The van der Waals surface area contributed by atoms with E-state index in [2.05, 4.69) is 0 Å². The van der Waals surface area contributed by atoms with Crippen LogP contribution in [0.2, 0.25) is 5.02 Å². The van der Waals surface area contributed by atoms with Gasteiger partial charge in [0.1, 0.15) is 0 Å². The summed E-state index contributed by atoms with van der Waals surface area (Å²) in [5.41, 5.74) is 6.01. The lowest BCUT2D eigenvalue weighted by atomic mass is 10.1. The fourth-order valence-corrected chi connectivity index (χ4v) is 1.11. The zero-order valence-corrected chi connectivity index (χ0v) is 7.11. The van der Waals surface area contributed by atoms with Crippen molar-refractivity contribution in [2.45, 2.75) is 6.42 Å². The highest BCUT2D eigenvalue weighted by atomic mass is 35.5. The summed E-state index contributed by atoms with van der Waals surface area (Å²) in [5, 5.41) is 8.60. The van der Waals surface area contributed by atoms with E-state index in [1.54, 1.807) is 6.07 Å². The van der Waals surface area contributed by atoms with Crippen molar-refractivity contribution in [1.29, 1.82) is 0 Å². The maximum absolute atomic E-state index is 13.0. The van der Waals surface area contributed by atoms with Crippen molar-refractivity contribution in [2.24, 2.45) is 0 Å². The Kier molecular flexibility index (Phi) is 2.89. The Bertz CT molecular complexity index is 291. The highest BCUT2D eigenvalue weighted by molar-refractivity contribution is 6.31. The minimum absolute atomic E-state index is 0.00851. The lowest BCUT2D eigenvalue weighted by Gasteiger charge is -2.05. The number of nitrogen functional groups attached to an aromatic ring is 1. The van der Waals surface area contributed by atoms with Crippen molar-refractivity contribution >= 4 is 17.3 Å². The highest BCUT2D eigenvalue weighted by Gasteiger charge is 2.07. The van der Waals surface area contributed by atoms with E-state index < -0.39 is 5.82 Å². The van der Waals surface area contributed by atoms with Gasteiger partial charge in [-0.2, -0.15) is 0 Å². The molecule has 0 aromatic heterocycles. The first-order valence-corrected chi connectivity index (χ1v) is 3.88. The summed E-state index contributed by atoms with van der Waals surface area (Å²) in [4.78, 5) is 0. The Morgan fingerprint density at radius 2 is 2.17 bits per heavy atom. The summed E-state index contributed by atoms with van der Waals surface area (Å²) in [6, 6.07) is 3.04. The van der Waals surface area contributed by atoms with Gasteiger partial charge in [0.25, 0.3) is 0 Å². The molecule has 3 N–H and O–H groups in total. The van der Waals surface area contributed by atoms with E-state index in [0.29, 0.717) is 12.0 Å². The minimum Gasteiger partial charge on any atom is -0.396 e. The molecule has 0 radical (unpaired) electrons. The molecule has 0 saturated carbocycles. The highest BCUT2D eigenvalue weighted by Crippen LogP contribution is 2.23. The molecule has 0 aliphatic rings. The summed E-state index contributed by atoms with van der Waals surface area (Å²) in [7, 11) is 0. The Morgan fingerprint density at radius 3 is 2.75 bits per heavy atom. The van der Waals surface area contributed by atoms with Crippen LogP contribution >= 0.6 is 11.6 Å². The SMILES string of the molecule is Nc1c(CCO)ccc(Cl)c1F. The first-order valence-electron chi connectivity index (χ1n) is 3.50. The minimum atomic E-state index is -0.609. The van der Waals surface area contributed by atoms with Gasteiger partial charge in [0.05, 0.1) is 10.7 Å². The normalized spacial score (nSPS) is 10.2. The van der Waals surface area contributed by atoms with E-state index in [0.717, 1.165) is 0 Å². The zero-order valence-electron chi connectivity index (χ0n) is 6.35. The van der Waals surface area contributed by atoms with E-state index in [-0.39, 0.29) is 17.3 Å². The average molecular weight is 190 g/mol. The van der Waals surface area contributed by atoms with Crippen LogP contribution in [0.3, 0.4) is 0 Å². The summed E-state index contributed by atoms with van der Waals surface area (Å²) in [6.07, 6.45) is 0.347. The lowest BCUT2D eigenvalue weighted by molar-refractivity contribution is 0.299. The van der Waals surface area contributed by atoms with Crippen LogP contribution < -0.4 is 5.73 Å². The van der Waals surface area contributed by atoms with E-state index >= 15 is 0 Å². The molecular formula is C8H9ClFNO. The number of benzene rings is 1. The maximum atomic E-state index is 13.0. The van der Waals surface area contributed by atoms with Gasteiger partial charge in [-0.3, -0.25) is 0 Å². The quantitative estimate of drug-likeness (QED) is 0.695. The van der Waals surface area contributed by atoms with E-state index in [1.165, 1.54) is 6.07 Å². The van der Waals surface area contributed by atoms with Gasteiger partial charge >= 0.3 is 0 Å². The van der Waals surface area contributed by atoms with Crippen LogP contribution in [0.5, 0.6) is 0 Å². The standard InChI is InChI=1S/C8H9ClFNO/c9-6-2-1-5(3-4-12)8(11)7(6)10/h1-2,12H,3-4,11H2. The molecule has 0 unspecified atom stereocenters. The van der Waals surface area contributed by atoms with Gasteiger partial charge in [0, 0.05) is 6.61 Å². The second-order valence-electron chi connectivity index (χ2n) is 2.41. The first kappa shape index (κ1) is 9.29. The largest absolute Gasteiger partial charge is 0.396 e. The third kappa shape index (κ3) is 1.68. The number of nitrogens with two attached hydrogens (primary N) is 1. The maximum Gasteiger partial charge on any atom is 0.164 e. The number of rotatable bonds is 2. The van der Waals surface area contributed by atoms with Crippen LogP contribution in [0.15, 0.2) is 12.1 Å². The third-order valence-electron chi connectivity index (χ3n) is 1.60. The Hall–Kier alpha value is -0.800. The Morgan fingerprint density at radius 1 is 1.50 bits per heavy atom. The van der Waals surface area contributed by atoms with Crippen molar-refractivity contribution in [3.8, 4) is 0 Å². The molecule has 0 aliphatic carbocycles. The third-order valence-corrected chi connectivity index (χ3v) is 1.90. The number of hydrogen-bond donors (Lipinski definition) is 2. The molecule has 1 aromatic rings. The monoisotopic (exact) mass is 189 g/mol. The zero-order chi connectivity index (χ0) is 9.14. The molecule has 0 atom stereocenters. The van der Waals surface area contributed by atoms with Gasteiger partial charge in [0.15, 0.2) is 5.82 Å². The molecule has 0 spiro atoms. The second-order valence-corrected chi connectivity index (χ2v) is 2.81. The average Bonchev–Trinajstić information content (AvgIpc) is 2.07. The van der Waals surface area contributed by atoms with Crippen LogP contribution in [0, 0.1) is 5.82 Å². The van der Waals surface area contributed by atoms with Crippen LogP contribution in [0.25, 0.3) is 0 Å². The molecule has 66 valence electrons. The predicted octanol–water partition coefficient (Wildman–Crippen LogP) is 1.60. The topological polar surface area (TPSA) is 46.2 Å². The van der Waals surface area contributed by atoms with Crippen molar-refractivity contribution in [1.82, 2.24) is 0 Å². The Balaban J connectivity index is 3.08. The summed E-state index contributed by atoms with van der Waals surface area (Å²) in [5.74, 6) is -0.609. The summed E-state index contributed by atoms with van der Waals surface area (Å²) < 4.78 is 13.0. The number of hydrogen-bond acceptors (Lipinski definition) is 2. The molecule has 4 heteroatoms. The van der Waals surface area contributed by atoms with Gasteiger partial charge in [0.2, 0.25) is 0 Å². The molecule has 0 saturated heterocycles. The molecule has 0 aliphatic heterocycles. The first-order chi connectivity index (χ1) is 5.66. The summed E-state index contributed by atoms with van der Waals surface area (Å²) >= 11 is 5.47. The molecule has 12 heavy (non-hydrogen) atoms. The van der Waals surface area contributed by atoms with Crippen molar-refractivity contribution in [3.05, 3.63) is 28.5 Å². The van der Waals surface area contributed by atoms with Gasteiger partial charge in [-0.05, 0) is 18.1 Å². The number of halogens is 2. The van der Waals surface area contributed by atoms with Crippen LogP contribution in [-0.4, -0.2) is 11.7 Å². The van der Waals surface area contributed by atoms with E-state index in [4.69, 9.17) is 22.4 Å². The fraction of sp³-hybridized carbons (Fsp3) is 0.250. The van der Waals surface area contributed by atoms with Crippen molar-refractivity contribution < 1.29 is 9.50 Å². The number of aliphatic hydroxyl groups is 1. The van der Waals surface area contributed by atoms with Gasteiger partial charge in [-0.15, -0.1) is 0 Å². The smallest absolute Gasteiger partial charge is 0.164 e. The van der Waals surface area contributed by atoms with E-state index in [9.17, 15) is 4.39 Å². The molecule has 1 aromatic carbocycles. The van der Waals surface area contributed by atoms with Crippen molar-refractivity contribution in [2.75, 3.05) is 12.3 Å². The summed E-state index contributed by atoms with van der Waals surface area (Å²) in [6.45, 7) is -0.0503. The van der Waals surface area contributed by atoms with Gasteiger partial charge < -0.3 is 10.8 Å². The van der Waals surface area contributed by atoms with E-state index in [1.807, 2.05) is 0 Å². The molecule has 0 fully saturated rings. The number of anilines is 1. The molecule has 0 amide bonds. The number of aliphatic hydroxyl groups excluding tert-OH is 1. The van der Waals surface area contributed by atoms with Crippen LogP contribution in [0.1, 0.15) is 5.56 Å². The molecule has 1 rings (SSSR count). The molecular weight excluding hydrogens is 181 g/mol. The molecule has 0 heterocycles. The molecule has 2 nitrogen and oxygen atoms in total. The second kappa shape index (κ2) is 3.74. The lowest BCUT2D eigenvalue weighted by Crippen LogP contribution is -2.00. The fourth-order valence-electron chi connectivity index (χ4n) is 0.945. The predicted molar refractivity (Wildman–Crippen MR) is 46.6 cm³/mol. The van der Waals surface area contributed by atoms with Gasteiger partial charge in [-0.25, -0.2) is 4.39 Å². The van der Waals surface area contributed by atoms with Crippen LogP contribution in [0.4, 0.5) is 10.1 Å². The van der Waals surface area contributed by atoms with Crippen LogP contribution in [-0.2, 0) is 6.42 Å². The molecule has 0 bridgehead atoms. The van der Waals surface area contributed by atoms with Gasteiger partial charge in [-0.1, -0.05) is 17.7 Å². The Labute approximate surface area is 74.8 Å². The van der Waals surface area contributed by atoms with Crippen molar-refractivity contribution in [3.63, 3.8) is 0 Å².